The summed E-state index contributed by atoms with van der Waals surface area (Å²) in [5, 5.41) is 3.83. The first-order chi connectivity index (χ1) is 12.1. The summed E-state index contributed by atoms with van der Waals surface area (Å²) < 4.78 is 0. The molecule has 1 aliphatic rings. The van der Waals surface area contributed by atoms with E-state index in [1.807, 2.05) is 0 Å². The van der Waals surface area contributed by atoms with Crippen LogP contribution in [-0.4, -0.2) is 58.3 Å². The molecule has 0 radical (unpaired) electrons. The van der Waals surface area contributed by atoms with E-state index in [-0.39, 0.29) is 11.6 Å². The average Bonchev–Trinajstić information content (AvgIpc) is 2.65. The number of carbonyl (C=O) groups is 2. The second-order valence-electron chi connectivity index (χ2n) is 5.45. The Morgan fingerprint density at radius 3 is 2.52 bits per heavy atom. The molecule has 0 aliphatic carbocycles. The van der Waals surface area contributed by atoms with Crippen molar-refractivity contribution in [1.82, 2.24) is 19.8 Å². The summed E-state index contributed by atoms with van der Waals surface area (Å²) in [5.74, 6) is 0.247. The van der Waals surface area contributed by atoms with Gasteiger partial charge in [-0.05, 0) is 12.1 Å². The highest BCUT2D eigenvalue weighted by Crippen LogP contribution is 2.31. The van der Waals surface area contributed by atoms with Crippen molar-refractivity contribution in [3.8, 4) is 0 Å². The Balaban J connectivity index is 1.67. The number of hydrogen-bond donors (Lipinski definition) is 1. The molecule has 0 spiro atoms. The molecule has 25 heavy (non-hydrogen) atoms. The van der Waals surface area contributed by atoms with E-state index < -0.39 is 0 Å². The standard InChI is InChI=1S/C16H15Cl2N5O2/c17-11-2-1-3-12(15(11)18)21-14-9-19-13(8-20-14)16(25)23-6-4-22(10-24)5-7-23/h1-3,8-10H,4-7H2,(H,20,21). The van der Waals surface area contributed by atoms with Crippen LogP contribution in [0.5, 0.6) is 0 Å². The zero-order chi connectivity index (χ0) is 17.8. The summed E-state index contributed by atoms with van der Waals surface area (Å²) in [6, 6.07) is 5.22. The van der Waals surface area contributed by atoms with Crippen LogP contribution in [0.1, 0.15) is 10.5 Å². The van der Waals surface area contributed by atoms with Crippen molar-refractivity contribution in [2.24, 2.45) is 0 Å². The molecule has 0 saturated carbocycles. The molecule has 0 unspecified atom stereocenters. The van der Waals surface area contributed by atoms with E-state index in [9.17, 15) is 9.59 Å². The molecule has 2 amide bonds. The lowest BCUT2D eigenvalue weighted by Gasteiger charge is -2.32. The largest absolute Gasteiger partial charge is 0.342 e. The van der Waals surface area contributed by atoms with E-state index in [0.717, 1.165) is 6.41 Å². The number of carbonyl (C=O) groups excluding carboxylic acids is 2. The molecular weight excluding hydrogens is 365 g/mol. The van der Waals surface area contributed by atoms with Gasteiger partial charge in [0.1, 0.15) is 11.5 Å². The number of hydrogen-bond acceptors (Lipinski definition) is 5. The number of benzene rings is 1. The zero-order valence-electron chi connectivity index (χ0n) is 13.2. The van der Waals surface area contributed by atoms with Gasteiger partial charge in [-0.3, -0.25) is 9.59 Å². The Labute approximate surface area is 154 Å². The van der Waals surface area contributed by atoms with Crippen molar-refractivity contribution in [3.05, 3.63) is 46.3 Å². The second-order valence-corrected chi connectivity index (χ2v) is 6.23. The predicted octanol–water partition coefficient (Wildman–Crippen LogP) is 2.44. The van der Waals surface area contributed by atoms with E-state index in [1.54, 1.807) is 28.0 Å². The van der Waals surface area contributed by atoms with E-state index in [4.69, 9.17) is 23.2 Å². The maximum Gasteiger partial charge on any atom is 0.274 e. The number of anilines is 2. The normalized spacial score (nSPS) is 14.3. The highest BCUT2D eigenvalue weighted by atomic mass is 35.5. The Kier molecular flexibility index (Phi) is 5.35. The molecule has 2 aromatic rings. The molecule has 1 N–H and O–H groups in total. The molecule has 1 aliphatic heterocycles. The SMILES string of the molecule is O=CN1CCN(C(=O)c2cnc(Nc3cccc(Cl)c3Cl)cn2)CC1. The van der Waals surface area contributed by atoms with Crippen molar-refractivity contribution in [3.63, 3.8) is 0 Å². The van der Waals surface area contributed by atoms with E-state index in [0.29, 0.717) is 47.7 Å². The number of amides is 2. The van der Waals surface area contributed by atoms with Crippen molar-refractivity contribution >= 4 is 47.0 Å². The number of nitrogens with one attached hydrogen (secondary N) is 1. The van der Waals surface area contributed by atoms with E-state index in [2.05, 4.69) is 15.3 Å². The number of rotatable bonds is 4. The van der Waals surface area contributed by atoms with Crippen LogP contribution in [0.4, 0.5) is 11.5 Å². The van der Waals surface area contributed by atoms with Gasteiger partial charge < -0.3 is 15.1 Å². The maximum absolute atomic E-state index is 12.4. The van der Waals surface area contributed by atoms with Gasteiger partial charge in [-0.25, -0.2) is 9.97 Å². The third kappa shape index (κ3) is 4.00. The Hall–Kier alpha value is -2.38. The number of piperazine rings is 1. The Bertz CT molecular complexity index is 777. The topological polar surface area (TPSA) is 78.4 Å². The molecule has 1 saturated heterocycles. The molecule has 3 rings (SSSR count). The van der Waals surface area contributed by atoms with E-state index in [1.165, 1.54) is 12.4 Å². The lowest BCUT2D eigenvalue weighted by Crippen LogP contribution is -2.48. The number of halogens is 2. The molecule has 0 atom stereocenters. The second kappa shape index (κ2) is 7.67. The van der Waals surface area contributed by atoms with Crippen LogP contribution in [0.2, 0.25) is 10.0 Å². The monoisotopic (exact) mass is 379 g/mol. The fourth-order valence-electron chi connectivity index (χ4n) is 2.43. The van der Waals surface area contributed by atoms with Crippen LogP contribution in [0.15, 0.2) is 30.6 Å². The highest BCUT2D eigenvalue weighted by molar-refractivity contribution is 6.43. The van der Waals surface area contributed by atoms with Crippen LogP contribution in [-0.2, 0) is 4.79 Å². The van der Waals surface area contributed by atoms with Crippen molar-refractivity contribution in [2.45, 2.75) is 0 Å². The Morgan fingerprint density at radius 2 is 1.88 bits per heavy atom. The summed E-state index contributed by atoms with van der Waals surface area (Å²) in [5.41, 5.74) is 0.856. The fraction of sp³-hybridized carbons (Fsp3) is 0.250. The lowest BCUT2D eigenvalue weighted by molar-refractivity contribution is -0.119. The summed E-state index contributed by atoms with van der Waals surface area (Å²) in [6.45, 7) is 2.01. The first-order valence-electron chi connectivity index (χ1n) is 7.60. The fourth-order valence-corrected chi connectivity index (χ4v) is 2.78. The van der Waals surface area contributed by atoms with Gasteiger partial charge in [0, 0.05) is 26.2 Å². The predicted molar refractivity (Wildman–Crippen MR) is 95.3 cm³/mol. The first kappa shape index (κ1) is 17.4. The minimum absolute atomic E-state index is 0.203. The van der Waals surface area contributed by atoms with Gasteiger partial charge in [-0.15, -0.1) is 0 Å². The summed E-state index contributed by atoms with van der Waals surface area (Å²) in [4.78, 5) is 34.8. The first-order valence-corrected chi connectivity index (χ1v) is 8.36. The maximum atomic E-state index is 12.4. The third-order valence-electron chi connectivity index (χ3n) is 3.84. The van der Waals surface area contributed by atoms with Gasteiger partial charge in [0.2, 0.25) is 6.41 Å². The third-order valence-corrected chi connectivity index (χ3v) is 4.65. The van der Waals surface area contributed by atoms with Crippen molar-refractivity contribution in [1.29, 1.82) is 0 Å². The van der Waals surface area contributed by atoms with Crippen LogP contribution < -0.4 is 5.32 Å². The molecule has 130 valence electrons. The van der Waals surface area contributed by atoms with Gasteiger partial charge in [-0.2, -0.15) is 0 Å². The molecule has 1 aromatic heterocycles. The zero-order valence-corrected chi connectivity index (χ0v) is 14.7. The highest BCUT2D eigenvalue weighted by Gasteiger charge is 2.22. The molecule has 1 aromatic carbocycles. The van der Waals surface area contributed by atoms with Gasteiger partial charge in [0.25, 0.3) is 5.91 Å². The molecule has 7 nitrogen and oxygen atoms in total. The number of nitrogens with zero attached hydrogens (tertiary/aromatic N) is 4. The van der Waals surface area contributed by atoms with Crippen LogP contribution in [0.3, 0.4) is 0 Å². The molecule has 9 heteroatoms. The lowest BCUT2D eigenvalue weighted by atomic mass is 10.3. The molecule has 2 heterocycles. The summed E-state index contributed by atoms with van der Waals surface area (Å²) in [7, 11) is 0. The number of aromatic nitrogens is 2. The molecule has 0 bridgehead atoms. The van der Waals surface area contributed by atoms with Gasteiger partial charge >= 0.3 is 0 Å². The Morgan fingerprint density at radius 1 is 1.12 bits per heavy atom. The van der Waals surface area contributed by atoms with Crippen LogP contribution in [0.25, 0.3) is 0 Å². The quantitative estimate of drug-likeness (QED) is 0.825. The average molecular weight is 380 g/mol. The van der Waals surface area contributed by atoms with Crippen LogP contribution in [0, 0.1) is 0 Å². The molecular formula is C16H15Cl2N5O2. The smallest absolute Gasteiger partial charge is 0.274 e. The van der Waals surface area contributed by atoms with Gasteiger partial charge in [0.15, 0.2) is 0 Å². The van der Waals surface area contributed by atoms with Crippen LogP contribution >= 0.6 is 23.2 Å². The van der Waals surface area contributed by atoms with Crippen molar-refractivity contribution < 1.29 is 9.59 Å². The summed E-state index contributed by atoms with van der Waals surface area (Å²) >= 11 is 12.1. The van der Waals surface area contributed by atoms with Gasteiger partial charge in [-0.1, -0.05) is 29.3 Å². The van der Waals surface area contributed by atoms with Gasteiger partial charge in [0.05, 0.1) is 28.1 Å². The summed E-state index contributed by atoms with van der Waals surface area (Å²) in [6.07, 6.45) is 3.67. The van der Waals surface area contributed by atoms with Crippen molar-refractivity contribution in [2.75, 3.05) is 31.5 Å². The minimum atomic E-state index is -0.203. The molecule has 1 fully saturated rings. The van der Waals surface area contributed by atoms with E-state index >= 15 is 0 Å². The minimum Gasteiger partial charge on any atom is -0.342 e.